The summed E-state index contributed by atoms with van der Waals surface area (Å²) >= 11 is 0. The first-order chi connectivity index (χ1) is 26.6. The maximum Gasteiger partial charge on any atom is 0.321 e. The van der Waals surface area contributed by atoms with E-state index in [0.29, 0.717) is 0 Å². The van der Waals surface area contributed by atoms with Gasteiger partial charge in [0.05, 0.1) is 45.4 Å². The Morgan fingerprint density at radius 3 is 2.09 bits per heavy atom. The van der Waals surface area contributed by atoms with Crippen LogP contribution in [0.25, 0.3) is 10.8 Å². The molecule has 0 spiro atoms. The topological polar surface area (TPSA) is 312 Å². The van der Waals surface area contributed by atoms with Crippen molar-refractivity contribution in [1.82, 2.24) is 15.0 Å². The van der Waals surface area contributed by atoms with Crippen LogP contribution in [-0.4, -0.2) is 73.0 Å². The highest BCUT2D eigenvalue weighted by Gasteiger charge is 2.28. The molecule has 24 heteroatoms. The van der Waals surface area contributed by atoms with Crippen LogP contribution in [0.3, 0.4) is 0 Å². The predicted octanol–water partition coefficient (Wildman–Crippen LogP) is 4.01. The molecule has 0 fully saturated rings. The molecule has 1 heterocycles. The normalized spacial score (nSPS) is 12.8. The maximum absolute atomic E-state index is 13.4. The number of hydrogen-bond donors (Lipinski definition) is 4. The molecule has 4 aromatic carbocycles. The summed E-state index contributed by atoms with van der Waals surface area (Å²) in [4.78, 5) is 11.2. The number of anilines is 2. The molecule has 1 aromatic heterocycles. The van der Waals surface area contributed by atoms with Gasteiger partial charge in [-0.1, -0.05) is 24.3 Å². The number of rotatable bonds is 16. The van der Waals surface area contributed by atoms with E-state index in [9.17, 15) is 38.8 Å². The number of ether oxygens (including phenoxy) is 1. The molecule has 0 aliphatic carbocycles. The first kappa shape index (κ1) is 42.9. The van der Waals surface area contributed by atoms with Crippen molar-refractivity contribution in [3.63, 3.8) is 0 Å². The largest absolute Gasteiger partial charge is 0.505 e. The van der Waals surface area contributed by atoms with Gasteiger partial charge in [0, 0.05) is 11.8 Å². The molecule has 0 radical (unpaired) electrons. The van der Waals surface area contributed by atoms with Crippen molar-refractivity contribution >= 4 is 74.1 Å². The zero-order valence-electron chi connectivity index (χ0n) is 30.5. The van der Waals surface area contributed by atoms with Crippen molar-refractivity contribution in [1.29, 1.82) is 0 Å². The molecule has 0 aliphatic heterocycles. The SMILES string of the molecule is CCOS(=O)(=O)c1cc(Nc2nc(Cc3ccccc3S(N)(=O)=O)nc(OC(C)C)n2)c2c(O)c(N=Nc3cccc(S(N)(=O)=O)c3)c(S(=O)(=O)OCC)cc2c1. The number of phenolic OH excluding ortho intramolecular Hbond substituents is 1. The van der Waals surface area contributed by atoms with Crippen molar-refractivity contribution < 1.29 is 51.9 Å². The average Bonchev–Trinajstić information content (AvgIpc) is 3.10. The molecule has 20 nitrogen and oxygen atoms in total. The lowest BCUT2D eigenvalue weighted by atomic mass is 10.1. The highest BCUT2D eigenvalue weighted by Crippen LogP contribution is 2.46. The summed E-state index contributed by atoms with van der Waals surface area (Å²) in [5.74, 6) is -1.16. The fraction of sp³-hybridized carbons (Fsp3) is 0.242. The smallest absolute Gasteiger partial charge is 0.321 e. The van der Waals surface area contributed by atoms with E-state index in [2.05, 4.69) is 30.5 Å². The van der Waals surface area contributed by atoms with Gasteiger partial charge in [-0.15, -0.1) is 5.11 Å². The predicted molar refractivity (Wildman–Crippen MR) is 205 cm³/mol. The van der Waals surface area contributed by atoms with E-state index in [1.807, 2.05) is 0 Å². The monoisotopic (exact) mass is 864 g/mol. The van der Waals surface area contributed by atoms with Gasteiger partial charge in [-0.05, 0) is 81.1 Å². The lowest BCUT2D eigenvalue weighted by molar-refractivity contribution is 0.221. The Bertz CT molecular complexity index is 2840. The molecule has 0 saturated carbocycles. The number of nitrogens with one attached hydrogen (secondary N) is 1. The Kier molecular flexibility index (Phi) is 12.6. The lowest BCUT2D eigenvalue weighted by Crippen LogP contribution is -2.16. The first-order valence-electron chi connectivity index (χ1n) is 16.6. The first-order valence-corrected chi connectivity index (χ1v) is 22.5. The number of aromatic hydroxyl groups is 1. The minimum Gasteiger partial charge on any atom is -0.505 e. The molecule has 304 valence electrons. The molecular weight excluding hydrogens is 829 g/mol. The number of benzene rings is 4. The quantitative estimate of drug-likeness (QED) is 0.0804. The van der Waals surface area contributed by atoms with Gasteiger partial charge in [-0.3, -0.25) is 8.37 Å². The number of nitrogens with two attached hydrogens (primary N) is 2. The number of aromatic nitrogens is 3. The molecule has 0 saturated heterocycles. The summed E-state index contributed by atoms with van der Waals surface area (Å²) in [6.45, 7) is 5.59. The molecule has 57 heavy (non-hydrogen) atoms. The second-order valence-electron chi connectivity index (χ2n) is 12.1. The summed E-state index contributed by atoms with van der Waals surface area (Å²) in [5.41, 5.74) is -0.779. The number of hydrogen-bond acceptors (Lipinski definition) is 18. The number of sulfonamides is 2. The summed E-state index contributed by atoms with van der Waals surface area (Å²) in [6.07, 6.45) is -0.655. The minimum atomic E-state index is -4.72. The van der Waals surface area contributed by atoms with Gasteiger partial charge in [0.1, 0.15) is 16.4 Å². The second-order valence-corrected chi connectivity index (χ2v) is 18.4. The number of azo groups is 1. The summed E-state index contributed by atoms with van der Waals surface area (Å²) in [7, 11) is -17.6. The summed E-state index contributed by atoms with van der Waals surface area (Å²) in [6, 6.07) is 13.6. The molecular formula is C33H36N8O12S4. The summed E-state index contributed by atoms with van der Waals surface area (Å²) in [5, 5.41) is 32.9. The van der Waals surface area contributed by atoms with Gasteiger partial charge in [0.25, 0.3) is 20.2 Å². The van der Waals surface area contributed by atoms with Gasteiger partial charge in [0.2, 0.25) is 26.0 Å². The maximum atomic E-state index is 13.4. The van der Waals surface area contributed by atoms with E-state index in [-0.39, 0.29) is 74.9 Å². The fourth-order valence-electron chi connectivity index (χ4n) is 5.28. The summed E-state index contributed by atoms with van der Waals surface area (Å²) < 4.78 is 118. The van der Waals surface area contributed by atoms with Gasteiger partial charge in [0.15, 0.2) is 5.75 Å². The Balaban J connectivity index is 1.78. The number of fused-ring (bicyclic) bond motifs is 1. The molecule has 5 rings (SSSR count). The third-order valence-corrected chi connectivity index (χ3v) is 12.2. The molecule has 0 atom stereocenters. The van der Waals surface area contributed by atoms with E-state index in [0.717, 1.165) is 24.3 Å². The zero-order chi connectivity index (χ0) is 41.9. The van der Waals surface area contributed by atoms with Crippen molar-refractivity contribution in [2.75, 3.05) is 18.5 Å². The van der Waals surface area contributed by atoms with Crippen LogP contribution >= 0.6 is 0 Å². The minimum absolute atomic E-state index is 0.0211. The van der Waals surface area contributed by atoms with E-state index < -0.39 is 67.6 Å². The van der Waals surface area contributed by atoms with Gasteiger partial charge in [-0.2, -0.15) is 36.9 Å². The van der Waals surface area contributed by atoms with Crippen LogP contribution < -0.4 is 20.3 Å². The highest BCUT2D eigenvalue weighted by molar-refractivity contribution is 7.89. The standard InChI is InChI=1S/C33H36N8O12S4/c1-5-51-56(47,48)24-14-21-15-27(57(49,50)52-6-2)30(41-40-22-11-9-12-23(17-22)54(34,43)44)31(42)29(21)25(18-24)36-32-37-28(38-33(39-32)53-19(3)4)16-20-10-7-8-13-26(20)55(35,45)46/h7-15,17-19,42H,5-6,16H2,1-4H3,(H2,34,43,44)(H2,35,45,46)(H,36,37,38,39). The fourth-order valence-corrected chi connectivity index (χ4v) is 8.67. The number of phenols is 1. The third kappa shape index (κ3) is 10.2. The van der Waals surface area contributed by atoms with Crippen LogP contribution in [0.1, 0.15) is 39.1 Å². The lowest BCUT2D eigenvalue weighted by Gasteiger charge is -2.17. The third-order valence-electron chi connectivity index (χ3n) is 7.52. The Labute approximate surface area is 328 Å². The molecule has 6 N–H and O–H groups in total. The Morgan fingerprint density at radius 1 is 0.754 bits per heavy atom. The second kappa shape index (κ2) is 16.7. The van der Waals surface area contributed by atoms with Crippen LogP contribution in [0, 0.1) is 0 Å². The molecule has 0 unspecified atom stereocenters. The van der Waals surface area contributed by atoms with E-state index in [1.165, 1.54) is 50.2 Å². The van der Waals surface area contributed by atoms with Crippen LogP contribution in [0.5, 0.6) is 11.8 Å². The van der Waals surface area contributed by atoms with Crippen molar-refractivity contribution in [3.8, 4) is 11.8 Å². The van der Waals surface area contributed by atoms with Gasteiger partial charge >= 0.3 is 6.01 Å². The highest BCUT2D eigenvalue weighted by atomic mass is 32.2. The molecule has 0 aliphatic rings. The number of nitrogens with zero attached hydrogens (tertiary/aromatic N) is 5. The van der Waals surface area contributed by atoms with Gasteiger partial charge in [-0.25, -0.2) is 27.1 Å². The van der Waals surface area contributed by atoms with E-state index in [4.69, 9.17) is 23.4 Å². The molecule has 0 bridgehead atoms. The molecule has 0 amide bonds. The van der Waals surface area contributed by atoms with Crippen molar-refractivity contribution in [2.24, 2.45) is 20.5 Å². The van der Waals surface area contributed by atoms with Crippen LogP contribution in [0.2, 0.25) is 0 Å². The van der Waals surface area contributed by atoms with Crippen LogP contribution in [-0.2, 0) is 55.1 Å². The zero-order valence-corrected chi connectivity index (χ0v) is 33.8. The number of primary sulfonamides is 2. The van der Waals surface area contributed by atoms with Crippen LogP contribution in [0.4, 0.5) is 23.0 Å². The van der Waals surface area contributed by atoms with Crippen molar-refractivity contribution in [2.45, 2.75) is 59.8 Å². The van der Waals surface area contributed by atoms with Crippen LogP contribution in [0.15, 0.2) is 96.5 Å². The van der Waals surface area contributed by atoms with Gasteiger partial charge < -0.3 is 15.2 Å². The Hall–Kier alpha value is -5.21. The van der Waals surface area contributed by atoms with E-state index in [1.54, 1.807) is 19.9 Å². The molecule has 5 aromatic rings. The average molecular weight is 865 g/mol. The van der Waals surface area contributed by atoms with E-state index >= 15 is 0 Å². The van der Waals surface area contributed by atoms with Crippen molar-refractivity contribution in [3.05, 3.63) is 78.1 Å². The Morgan fingerprint density at radius 2 is 1.44 bits per heavy atom.